The first kappa shape index (κ1) is 29.8. The van der Waals surface area contributed by atoms with Crippen LogP contribution < -0.4 is 11.2 Å². The predicted molar refractivity (Wildman–Crippen MR) is 120 cm³/mol. The molecule has 0 aromatic carbocycles. The standard InChI is InChI=1S/C14H24N3O15P3S/c1-13(8-6-15-12(20)16-11(8)19)14(21,17-2-4-36-5-3-17)10(18)9(30-13)7-29-34(25,26)32-35(27,28)31-33(22,23)24/h6,9-10,18,21H,2-5,7H2,1H3,(H,25,26)(H,27,28)(H2,22,23,24)(H2,15,16,19,20)/t9-,10-,13+,14-/m1/s1. The van der Waals surface area contributed by atoms with Crippen LogP contribution in [0, 0.1) is 0 Å². The lowest BCUT2D eigenvalue weighted by molar-refractivity contribution is -0.224. The fraction of sp³-hybridized carbons (Fsp3) is 0.714. The maximum atomic E-state index is 12.6. The zero-order valence-electron chi connectivity index (χ0n) is 18.3. The lowest BCUT2D eigenvalue weighted by Gasteiger charge is -2.47. The van der Waals surface area contributed by atoms with Crippen molar-refractivity contribution >= 4 is 35.2 Å². The summed E-state index contributed by atoms with van der Waals surface area (Å²) in [7, 11) is -17.0. The number of thioether (sulfide) groups is 1. The normalized spacial score (nSPS) is 33.2. The lowest BCUT2D eigenvalue weighted by atomic mass is 9.82. The molecule has 2 fully saturated rings. The van der Waals surface area contributed by atoms with Crippen molar-refractivity contribution in [3.8, 4) is 0 Å². The third kappa shape index (κ3) is 6.29. The summed E-state index contributed by atoms with van der Waals surface area (Å²) >= 11 is 1.56. The molecule has 1 aromatic rings. The van der Waals surface area contributed by atoms with E-state index in [1.54, 1.807) is 11.8 Å². The molecule has 0 aliphatic carbocycles. The minimum atomic E-state index is -5.79. The second-order valence-electron chi connectivity index (χ2n) is 7.83. The van der Waals surface area contributed by atoms with Crippen LogP contribution in [0.4, 0.5) is 0 Å². The third-order valence-electron chi connectivity index (χ3n) is 5.50. The summed E-state index contributed by atoms with van der Waals surface area (Å²) in [5.41, 5.74) is -6.48. The molecule has 0 radical (unpaired) electrons. The highest BCUT2D eigenvalue weighted by atomic mass is 32.2. The number of nitrogens with one attached hydrogen (secondary N) is 2. The van der Waals surface area contributed by atoms with Crippen LogP contribution in [0.3, 0.4) is 0 Å². The highest BCUT2D eigenvalue weighted by Crippen LogP contribution is 2.66. The number of aliphatic hydroxyl groups is 2. The Hall–Kier alpha value is -0.720. The van der Waals surface area contributed by atoms with Gasteiger partial charge in [-0.15, -0.1) is 0 Å². The van der Waals surface area contributed by atoms with E-state index in [0.717, 1.165) is 6.20 Å². The Labute approximate surface area is 206 Å². The van der Waals surface area contributed by atoms with Crippen molar-refractivity contribution < 1.29 is 61.4 Å². The van der Waals surface area contributed by atoms with E-state index < -0.39 is 64.9 Å². The zero-order valence-corrected chi connectivity index (χ0v) is 21.8. The van der Waals surface area contributed by atoms with E-state index in [0.29, 0.717) is 11.5 Å². The van der Waals surface area contributed by atoms with Crippen molar-refractivity contribution in [2.45, 2.75) is 30.5 Å². The molecule has 36 heavy (non-hydrogen) atoms. The Bertz CT molecular complexity index is 1230. The fourth-order valence-electron chi connectivity index (χ4n) is 4.01. The van der Waals surface area contributed by atoms with Gasteiger partial charge in [0, 0.05) is 30.8 Å². The molecule has 2 aliphatic heterocycles. The molecule has 2 saturated heterocycles. The molecule has 1 aromatic heterocycles. The number of ether oxygens (including phenoxy) is 1. The first-order chi connectivity index (χ1) is 16.4. The molecular formula is C14H24N3O15P3S. The second-order valence-corrected chi connectivity index (χ2v) is 13.5. The van der Waals surface area contributed by atoms with Crippen molar-refractivity contribution in [1.29, 1.82) is 0 Å². The van der Waals surface area contributed by atoms with Crippen molar-refractivity contribution in [3.05, 3.63) is 32.6 Å². The van der Waals surface area contributed by atoms with Gasteiger partial charge in [0.1, 0.15) is 17.8 Å². The summed E-state index contributed by atoms with van der Waals surface area (Å²) < 4.78 is 52.0. The first-order valence-corrected chi connectivity index (χ1v) is 15.6. The number of hydrogen-bond donors (Lipinski definition) is 8. The van der Waals surface area contributed by atoms with Gasteiger partial charge in [0.05, 0.1) is 12.2 Å². The van der Waals surface area contributed by atoms with Crippen LogP contribution in [0.25, 0.3) is 0 Å². The molecule has 2 unspecified atom stereocenters. The second kappa shape index (κ2) is 10.4. The first-order valence-electron chi connectivity index (χ1n) is 9.92. The summed E-state index contributed by atoms with van der Waals surface area (Å²) in [6, 6.07) is 0. The van der Waals surface area contributed by atoms with Crippen molar-refractivity contribution in [3.63, 3.8) is 0 Å². The predicted octanol–water partition coefficient (Wildman–Crippen LogP) is -1.88. The van der Waals surface area contributed by atoms with Crippen molar-refractivity contribution in [2.24, 2.45) is 0 Å². The van der Waals surface area contributed by atoms with E-state index >= 15 is 0 Å². The van der Waals surface area contributed by atoms with Crippen molar-refractivity contribution in [2.75, 3.05) is 31.2 Å². The highest BCUT2D eigenvalue weighted by molar-refractivity contribution is 7.99. The summed E-state index contributed by atoms with van der Waals surface area (Å²) in [6.07, 6.45) is -2.60. The Kier molecular flexibility index (Phi) is 8.66. The monoisotopic (exact) mass is 599 g/mol. The minimum Gasteiger partial charge on any atom is -0.386 e. The molecule has 18 nitrogen and oxygen atoms in total. The molecule has 0 bridgehead atoms. The molecule has 2 aliphatic rings. The van der Waals surface area contributed by atoms with Crippen LogP contribution in [-0.2, 0) is 37.2 Å². The van der Waals surface area contributed by atoms with Gasteiger partial charge in [-0.2, -0.15) is 20.4 Å². The Morgan fingerprint density at radius 1 is 1.14 bits per heavy atom. The fourth-order valence-corrected chi connectivity index (χ4v) is 7.94. The molecule has 6 atom stereocenters. The van der Waals surface area contributed by atoms with Gasteiger partial charge in [-0.25, -0.2) is 18.5 Å². The summed E-state index contributed by atoms with van der Waals surface area (Å²) in [6.45, 7) is 0.639. The van der Waals surface area contributed by atoms with E-state index in [4.69, 9.17) is 14.5 Å². The van der Waals surface area contributed by atoms with Gasteiger partial charge < -0.3 is 39.5 Å². The molecule has 3 heterocycles. The molecule has 0 saturated carbocycles. The molecule has 3 rings (SSSR count). The number of aromatic nitrogens is 2. The third-order valence-corrected chi connectivity index (χ3v) is 10.2. The van der Waals surface area contributed by atoms with Crippen LogP contribution in [0.15, 0.2) is 15.8 Å². The van der Waals surface area contributed by atoms with Gasteiger partial charge in [0.15, 0.2) is 5.72 Å². The van der Waals surface area contributed by atoms with E-state index in [-0.39, 0.29) is 18.7 Å². The lowest BCUT2D eigenvalue weighted by Crippen LogP contribution is -2.67. The van der Waals surface area contributed by atoms with Crippen LogP contribution in [0.5, 0.6) is 0 Å². The van der Waals surface area contributed by atoms with E-state index in [9.17, 15) is 43.3 Å². The SMILES string of the molecule is C[C@@]1(c2c[nH]c(=O)[nH]c2=O)O[C@H](COP(=O)(O)OP(=O)(O)OP(=O)(O)O)[C@@H](O)[C@]1(O)N1CCSCC1. The maximum absolute atomic E-state index is 12.6. The smallest absolute Gasteiger partial charge is 0.386 e. The molecule has 22 heteroatoms. The van der Waals surface area contributed by atoms with Gasteiger partial charge >= 0.3 is 29.2 Å². The number of phosphoric ester groups is 1. The van der Waals surface area contributed by atoms with Gasteiger partial charge in [0.25, 0.3) is 5.56 Å². The van der Waals surface area contributed by atoms with E-state index in [1.807, 2.05) is 4.98 Å². The summed E-state index contributed by atoms with van der Waals surface area (Å²) in [5, 5.41) is 22.8. The Balaban J connectivity index is 1.90. The summed E-state index contributed by atoms with van der Waals surface area (Å²) in [5.74, 6) is 1.08. The van der Waals surface area contributed by atoms with Crippen LogP contribution in [-0.4, -0.2) is 93.8 Å². The highest BCUT2D eigenvalue weighted by Gasteiger charge is 2.67. The number of phosphoric acid groups is 3. The van der Waals surface area contributed by atoms with E-state index in [2.05, 4.69) is 18.1 Å². The number of rotatable bonds is 9. The van der Waals surface area contributed by atoms with Crippen molar-refractivity contribution in [1.82, 2.24) is 14.9 Å². The van der Waals surface area contributed by atoms with Crippen LogP contribution in [0.1, 0.15) is 12.5 Å². The minimum absolute atomic E-state index is 0.237. The largest absolute Gasteiger partial charge is 0.490 e. The summed E-state index contributed by atoms with van der Waals surface area (Å²) in [4.78, 5) is 65.9. The van der Waals surface area contributed by atoms with E-state index in [1.165, 1.54) is 11.8 Å². The molecule has 206 valence electrons. The van der Waals surface area contributed by atoms with Gasteiger partial charge in [-0.3, -0.25) is 19.2 Å². The quantitative estimate of drug-likeness (QED) is 0.144. The topological polar surface area (TPSA) is 278 Å². The van der Waals surface area contributed by atoms with Gasteiger partial charge in [-0.05, 0) is 6.92 Å². The number of H-pyrrole nitrogens is 2. The number of nitrogens with zero attached hydrogens (tertiary/aromatic N) is 1. The number of aliphatic hydroxyl groups excluding tert-OH is 1. The van der Waals surface area contributed by atoms with Gasteiger partial charge in [-0.1, -0.05) is 0 Å². The molecule has 0 spiro atoms. The average Bonchev–Trinajstić information content (AvgIpc) is 2.92. The maximum Gasteiger partial charge on any atom is 0.490 e. The van der Waals surface area contributed by atoms with Crippen LogP contribution in [0.2, 0.25) is 0 Å². The van der Waals surface area contributed by atoms with Gasteiger partial charge in [0.2, 0.25) is 0 Å². The van der Waals surface area contributed by atoms with Crippen LogP contribution >= 0.6 is 35.2 Å². The Morgan fingerprint density at radius 3 is 2.31 bits per heavy atom. The molecule has 0 amide bonds. The number of hydrogen-bond acceptors (Lipinski definition) is 13. The zero-order chi connectivity index (χ0) is 27.2. The average molecular weight is 599 g/mol. The molecule has 8 N–H and O–H groups in total. The number of aromatic amines is 2. The Morgan fingerprint density at radius 2 is 1.75 bits per heavy atom. The molecular weight excluding hydrogens is 575 g/mol.